The Morgan fingerprint density at radius 3 is 2.32 bits per heavy atom. The first kappa shape index (κ1) is 27.7. The van der Waals surface area contributed by atoms with Crippen LogP contribution in [0.25, 0.3) is 0 Å². The molecule has 1 saturated carbocycles. The summed E-state index contributed by atoms with van der Waals surface area (Å²) < 4.78 is 29.7. The molecule has 4 atom stereocenters. The van der Waals surface area contributed by atoms with Gasteiger partial charge < -0.3 is 9.88 Å². The molecule has 9 heteroatoms. The molecule has 1 unspecified atom stereocenters. The van der Waals surface area contributed by atoms with E-state index in [1.165, 1.54) is 28.2 Å². The lowest BCUT2D eigenvalue weighted by atomic mass is 9.86. The van der Waals surface area contributed by atoms with E-state index >= 15 is 0 Å². The van der Waals surface area contributed by atoms with E-state index in [1.807, 2.05) is 0 Å². The van der Waals surface area contributed by atoms with Gasteiger partial charge in [-0.15, -0.1) is 21.5 Å². The number of halogens is 2. The number of alkyl halides is 2. The van der Waals surface area contributed by atoms with Crippen LogP contribution < -0.4 is 5.32 Å². The first-order chi connectivity index (χ1) is 18.0. The topological polar surface area (TPSA) is 63.1 Å². The van der Waals surface area contributed by atoms with Gasteiger partial charge in [-0.1, -0.05) is 13.8 Å². The number of aromatic nitrogens is 3. The van der Waals surface area contributed by atoms with Crippen molar-refractivity contribution in [2.45, 2.75) is 128 Å². The van der Waals surface area contributed by atoms with Gasteiger partial charge in [0.15, 0.2) is 0 Å². The minimum Gasteiger partial charge on any atom is -0.348 e. The first-order valence-electron chi connectivity index (χ1n) is 14.4. The summed E-state index contributed by atoms with van der Waals surface area (Å²) in [6.45, 7) is 11.6. The van der Waals surface area contributed by atoms with Crippen molar-refractivity contribution < 1.29 is 13.6 Å². The summed E-state index contributed by atoms with van der Waals surface area (Å²) in [4.78, 5) is 18.3. The van der Waals surface area contributed by atoms with Crippen LogP contribution in [0.3, 0.4) is 0 Å². The number of rotatable bonds is 8. The predicted octanol–water partition coefficient (Wildman–Crippen LogP) is 6.63. The van der Waals surface area contributed by atoms with Crippen LogP contribution in [0.15, 0.2) is 6.07 Å². The lowest BCUT2D eigenvalue weighted by Crippen LogP contribution is -2.45. The van der Waals surface area contributed by atoms with Crippen LogP contribution in [0.1, 0.15) is 117 Å². The van der Waals surface area contributed by atoms with Crippen LogP contribution in [0.5, 0.6) is 0 Å². The minimum atomic E-state index is -2.62. The van der Waals surface area contributed by atoms with Gasteiger partial charge in [-0.2, -0.15) is 0 Å². The summed E-state index contributed by atoms with van der Waals surface area (Å²) in [7, 11) is 0. The first-order valence-corrected chi connectivity index (χ1v) is 15.3. The van der Waals surface area contributed by atoms with Crippen LogP contribution in [0.2, 0.25) is 0 Å². The SMILES string of the molecule is Cc1cc([C@H](CCN2[C@@H]3CC[C@H]2CC(n2c(C)nnc2C(C)C)C3)NC(=O)C2CCC(F)(F)CC2)sc1C. The summed E-state index contributed by atoms with van der Waals surface area (Å²) in [5, 5.41) is 12.2. The van der Waals surface area contributed by atoms with Gasteiger partial charge in [0.05, 0.1) is 6.04 Å². The molecule has 6 nitrogen and oxygen atoms in total. The monoisotopic (exact) mass is 547 g/mol. The van der Waals surface area contributed by atoms with E-state index in [-0.39, 0.29) is 43.6 Å². The predicted molar refractivity (Wildman–Crippen MR) is 147 cm³/mol. The van der Waals surface area contributed by atoms with Crippen LogP contribution in [-0.4, -0.2) is 50.1 Å². The zero-order valence-corrected chi connectivity index (χ0v) is 24.3. The molecule has 2 saturated heterocycles. The third-order valence-corrected chi connectivity index (χ3v) is 10.5. The lowest BCUT2D eigenvalue weighted by molar-refractivity contribution is -0.130. The van der Waals surface area contributed by atoms with Crippen LogP contribution >= 0.6 is 11.3 Å². The van der Waals surface area contributed by atoms with Crippen molar-refractivity contribution in [3.8, 4) is 0 Å². The number of carbonyl (C=O) groups is 1. The van der Waals surface area contributed by atoms with Crippen molar-refractivity contribution in [2.24, 2.45) is 5.92 Å². The number of fused-ring (bicyclic) bond motifs is 2. The molecule has 2 aromatic heterocycles. The highest BCUT2D eigenvalue weighted by Gasteiger charge is 2.43. The van der Waals surface area contributed by atoms with Gasteiger partial charge in [0, 0.05) is 59.1 Å². The number of hydrogen-bond donors (Lipinski definition) is 1. The Morgan fingerprint density at radius 2 is 1.74 bits per heavy atom. The lowest BCUT2D eigenvalue weighted by Gasteiger charge is -2.40. The van der Waals surface area contributed by atoms with E-state index in [9.17, 15) is 13.6 Å². The van der Waals surface area contributed by atoms with Gasteiger partial charge in [0.2, 0.25) is 11.8 Å². The summed E-state index contributed by atoms with van der Waals surface area (Å²) in [5.74, 6) is -0.534. The maximum absolute atomic E-state index is 13.7. The van der Waals surface area contributed by atoms with Gasteiger partial charge in [-0.05, 0) is 77.3 Å². The molecule has 0 spiro atoms. The number of hydrogen-bond acceptors (Lipinski definition) is 5. The summed E-state index contributed by atoms with van der Waals surface area (Å²) in [6.07, 6.45) is 5.66. The molecule has 2 aliphatic heterocycles. The second kappa shape index (κ2) is 11.0. The Bertz CT molecular complexity index is 1100. The van der Waals surface area contributed by atoms with Gasteiger partial charge in [-0.25, -0.2) is 8.78 Å². The highest BCUT2D eigenvalue weighted by Crippen LogP contribution is 2.43. The summed E-state index contributed by atoms with van der Waals surface area (Å²) in [5.41, 5.74) is 1.24. The van der Waals surface area contributed by atoms with Crippen molar-refractivity contribution in [3.63, 3.8) is 0 Å². The van der Waals surface area contributed by atoms with Crippen LogP contribution in [0.4, 0.5) is 8.78 Å². The van der Waals surface area contributed by atoms with Gasteiger partial charge in [-0.3, -0.25) is 9.69 Å². The number of carbonyl (C=O) groups excluding carboxylic acids is 1. The molecular weight excluding hydrogens is 504 g/mol. The average molecular weight is 548 g/mol. The van der Waals surface area contributed by atoms with Crippen molar-refractivity contribution >= 4 is 17.2 Å². The fraction of sp³-hybridized carbons (Fsp3) is 0.759. The fourth-order valence-corrected chi connectivity index (χ4v) is 8.11. The third-order valence-electron chi connectivity index (χ3n) is 9.24. The third kappa shape index (κ3) is 5.69. The van der Waals surface area contributed by atoms with E-state index in [2.05, 4.69) is 65.7 Å². The maximum Gasteiger partial charge on any atom is 0.248 e. The molecule has 5 rings (SSSR count). The molecule has 4 heterocycles. The van der Waals surface area contributed by atoms with Crippen molar-refractivity contribution in [3.05, 3.63) is 33.0 Å². The number of nitrogens with zero attached hydrogens (tertiary/aromatic N) is 4. The zero-order valence-electron chi connectivity index (χ0n) is 23.5. The Morgan fingerprint density at radius 1 is 1.08 bits per heavy atom. The molecule has 38 heavy (non-hydrogen) atoms. The molecule has 2 aromatic rings. The maximum atomic E-state index is 13.7. The smallest absolute Gasteiger partial charge is 0.248 e. The molecule has 0 aromatic carbocycles. The number of amides is 1. The van der Waals surface area contributed by atoms with Gasteiger partial charge in [0.25, 0.3) is 0 Å². The van der Waals surface area contributed by atoms with Gasteiger partial charge >= 0.3 is 0 Å². The molecule has 1 amide bonds. The van der Waals surface area contributed by atoms with E-state index in [4.69, 9.17) is 0 Å². The molecule has 1 N–H and O–H groups in total. The van der Waals surface area contributed by atoms with E-state index in [0.29, 0.717) is 24.0 Å². The van der Waals surface area contributed by atoms with Crippen LogP contribution in [0, 0.1) is 26.7 Å². The minimum absolute atomic E-state index is 0.0554. The van der Waals surface area contributed by atoms with Crippen LogP contribution in [-0.2, 0) is 4.79 Å². The van der Waals surface area contributed by atoms with E-state index < -0.39 is 5.92 Å². The molecule has 0 radical (unpaired) electrons. The molecule has 2 bridgehead atoms. The summed E-state index contributed by atoms with van der Waals surface area (Å²) >= 11 is 1.75. The number of nitrogens with one attached hydrogen (secondary N) is 1. The Balaban J connectivity index is 1.26. The normalized spacial score (nSPS) is 26.7. The molecule has 3 aliphatic rings. The second-order valence-electron chi connectivity index (χ2n) is 12.2. The Kier molecular flexibility index (Phi) is 7.98. The largest absolute Gasteiger partial charge is 0.348 e. The standard InChI is InChI=1S/C29H43F2N5OS/c1-17(2)27-34-33-20(5)36(27)24-15-22-6-7-23(16-24)35(22)13-10-25(26-14-18(3)19(4)38-26)32-28(37)21-8-11-29(30,31)12-9-21/h14,17,21-25H,6-13,15-16H2,1-5H3,(H,32,37)/t22-,23+,24?,25-/m0/s1. The van der Waals surface area contributed by atoms with Crippen molar-refractivity contribution in [2.75, 3.05) is 6.54 Å². The number of piperidine rings is 1. The highest BCUT2D eigenvalue weighted by molar-refractivity contribution is 7.12. The Labute approximate surface area is 229 Å². The molecule has 1 aliphatic carbocycles. The van der Waals surface area contributed by atoms with Crippen molar-refractivity contribution in [1.82, 2.24) is 25.0 Å². The van der Waals surface area contributed by atoms with Crippen molar-refractivity contribution in [1.29, 1.82) is 0 Å². The zero-order chi connectivity index (χ0) is 27.2. The fourth-order valence-electron chi connectivity index (χ4n) is 6.98. The summed E-state index contributed by atoms with van der Waals surface area (Å²) in [6, 6.07) is 3.63. The molecule has 3 fully saturated rings. The molecular formula is C29H43F2N5OS. The van der Waals surface area contributed by atoms with E-state index in [1.54, 1.807) is 11.3 Å². The average Bonchev–Trinajstić information content (AvgIpc) is 3.48. The number of aryl methyl sites for hydroxylation is 3. The second-order valence-corrected chi connectivity index (χ2v) is 13.5. The van der Waals surface area contributed by atoms with Gasteiger partial charge in [0.1, 0.15) is 11.6 Å². The highest BCUT2D eigenvalue weighted by atomic mass is 32.1. The quantitative estimate of drug-likeness (QED) is 0.403. The molecule has 210 valence electrons. The van der Waals surface area contributed by atoms with E-state index in [0.717, 1.165) is 37.5 Å². The Hall–Kier alpha value is -1.87. The number of thiophene rings is 1.